The van der Waals surface area contributed by atoms with Gasteiger partial charge in [0.15, 0.2) is 0 Å². The summed E-state index contributed by atoms with van der Waals surface area (Å²) >= 11 is 0. The Hall–Kier alpha value is -2.80. The molecule has 3 aromatic rings. The van der Waals surface area contributed by atoms with Crippen molar-refractivity contribution in [1.82, 2.24) is 9.71 Å². The van der Waals surface area contributed by atoms with Gasteiger partial charge in [0.25, 0.3) is 10.0 Å². The molecule has 3 rings (SSSR count). The van der Waals surface area contributed by atoms with E-state index in [1.165, 1.54) is 24.4 Å². The molecule has 0 atom stereocenters. The summed E-state index contributed by atoms with van der Waals surface area (Å²) < 4.78 is 41.7. The summed E-state index contributed by atoms with van der Waals surface area (Å²) in [7, 11) is -4.08. The number of benzene rings is 2. The highest BCUT2D eigenvalue weighted by Gasteiger charge is 2.23. The lowest BCUT2D eigenvalue weighted by molar-refractivity contribution is -0.118. The highest BCUT2D eigenvalue weighted by molar-refractivity contribution is 7.90. The van der Waals surface area contributed by atoms with E-state index in [1.54, 1.807) is 18.2 Å². The van der Waals surface area contributed by atoms with Gasteiger partial charge < -0.3 is 0 Å². The van der Waals surface area contributed by atoms with Gasteiger partial charge in [-0.1, -0.05) is 45.9 Å². The van der Waals surface area contributed by atoms with E-state index in [0.29, 0.717) is 27.6 Å². The Labute approximate surface area is 176 Å². The first-order chi connectivity index (χ1) is 14.1. The number of nitrogens with one attached hydrogen (secondary N) is 1. The molecule has 0 saturated heterocycles. The molecule has 0 aliphatic carbocycles. The van der Waals surface area contributed by atoms with Crippen LogP contribution in [0.2, 0.25) is 0 Å². The third kappa shape index (κ3) is 4.67. The van der Waals surface area contributed by atoms with Crippen LogP contribution >= 0.6 is 0 Å². The molecule has 1 aromatic heterocycles. The lowest BCUT2D eigenvalue weighted by Crippen LogP contribution is -2.32. The van der Waals surface area contributed by atoms with Crippen LogP contribution in [0.25, 0.3) is 10.9 Å². The maximum Gasteiger partial charge on any atom is 0.265 e. The van der Waals surface area contributed by atoms with Crippen molar-refractivity contribution in [3.05, 3.63) is 71.2 Å². The predicted octanol–water partition coefficient (Wildman–Crippen LogP) is 4.67. The second kappa shape index (κ2) is 8.52. The first-order valence-corrected chi connectivity index (χ1v) is 11.3. The number of aromatic nitrogens is 1. The van der Waals surface area contributed by atoms with Crippen LogP contribution in [0.1, 0.15) is 56.2 Å². The van der Waals surface area contributed by atoms with Gasteiger partial charge >= 0.3 is 0 Å². The van der Waals surface area contributed by atoms with E-state index in [4.69, 9.17) is 0 Å². The normalized spacial score (nSPS) is 12.0. The third-order valence-electron chi connectivity index (χ3n) is 4.99. The molecule has 1 N–H and O–H groups in total. The summed E-state index contributed by atoms with van der Waals surface area (Å²) in [6, 6.07) is 11.4. The van der Waals surface area contributed by atoms with Crippen molar-refractivity contribution in [2.45, 2.75) is 50.8 Å². The smallest absolute Gasteiger partial charge is 0.265 e. The lowest BCUT2D eigenvalue weighted by Gasteiger charge is -2.20. The summed E-state index contributed by atoms with van der Waals surface area (Å²) in [5.74, 6) is -1.05. The van der Waals surface area contributed by atoms with E-state index < -0.39 is 15.9 Å². The molecule has 0 aliphatic heterocycles. The Balaban J connectivity index is 1.91. The molecular formula is C23H25FN2O3S. The Bertz CT molecular complexity index is 1180. The van der Waals surface area contributed by atoms with E-state index in [1.807, 2.05) is 33.8 Å². The van der Waals surface area contributed by atoms with Crippen molar-refractivity contribution in [1.29, 1.82) is 0 Å². The van der Waals surface area contributed by atoms with Gasteiger partial charge in [-0.25, -0.2) is 17.5 Å². The topological polar surface area (TPSA) is 76.1 Å². The SMILES string of the molecule is CC(C)c1cc(F)cc(C(C)C)c1CC(=O)NS(=O)(=O)c1cnc2ccccc2c1. The summed E-state index contributed by atoms with van der Waals surface area (Å²) in [4.78, 5) is 16.8. The number of carbonyl (C=O) groups excluding carboxylic acids is 1. The zero-order valence-electron chi connectivity index (χ0n) is 17.4. The molecule has 0 radical (unpaired) electrons. The maximum atomic E-state index is 14.1. The Kier molecular flexibility index (Phi) is 6.22. The van der Waals surface area contributed by atoms with Crippen molar-refractivity contribution in [2.75, 3.05) is 0 Å². The van der Waals surface area contributed by atoms with Gasteiger partial charge in [0.2, 0.25) is 5.91 Å². The van der Waals surface area contributed by atoms with E-state index in [-0.39, 0.29) is 29.0 Å². The van der Waals surface area contributed by atoms with Crippen molar-refractivity contribution in [2.24, 2.45) is 0 Å². The molecule has 0 spiro atoms. The quantitative estimate of drug-likeness (QED) is 0.619. The molecule has 0 bridgehead atoms. The van der Waals surface area contributed by atoms with Gasteiger partial charge in [-0.05, 0) is 52.8 Å². The molecule has 7 heteroatoms. The van der Waals surface area contributed by atoms with Gasteiger partial charge in [-0.2, -0.15) is 0 Å². The molecule has 1 amide bonds. The molecule has 0 aliphatic rings. The molecule has 158 valence electrons. The largest absolute Gasteiger partial charge is 0.274 e. The highest BCUT2D eigenvalue weighted by Crippen LogP contribution is 2.29. The number of halogens is 1. The zero-order valence-corrected chi connectivity index (χ0v) is 18.3. The Morgan fingerprint density at radius 1 is 1.03 bits per heavy atom. The van der Waals surface area contributed by atoms with Crippen molar-refractivity contribution < 1.29 is 17.6 Å². The number of carbonyl (C=O) groups is 1. The fourth-order valence-electron chi connectivity index (χ4n) is 3.52. The first-order valence-electron chi connectivity index (χ1n) is 9.81. The summed E-state index contributed by atoms with van der Waals surface area (Å²) in [6.07, 6.45) is 1.08. The van der Waals surface area contributed by atoms with E-state index in [0.717, 1.165) is 0 Å². The molecule has 0 fully saturated rings. The minimum atomic E-state index is -4.08. The Morgan fingerprint density at radius 3 is 2.23 bits per heavy atom. The van der Waals surface area contributed by atoms with Crippen molar-refractivity contribution >= 4 is 26.8 Å². The second-order valence-electron chi connectivity index (χ2n) is 7.94. The minimum Gasteiger partial charge on any atom is -0.274 e. The van der Waals surface area contributed by atoms with E-state index >= 15 is 0 Å². The molecular weight excluding hydrogens is 403 g/mol. The number of rotatable bonds is 6. The van der Waals surface area contributed by atoms with Crippen LogP contribution in [-0.4, -0.2) is 19.3 Å². The number of sulfonamides is 1. The van der Waals surface area contributed by atoms with Crippen LogP contribution in [-0.2, 0) is 21.2 Å². The number of hydrogen-bond acceptors (Lipinski definition) is 4. The fraction of sp³-hybridized carbons (Fsp3) is 0.304. The highest BCUT2D eigenvalue weighted by atomic mass is 32.2. The Morgan fingerprint density at radius 2 is 1.63 bits per heavy atom. The van der Waals surface area contributed by atoms with Gasteiger partial charge in [0.05, 0.1) is 11.9 Å². The van der Waals surface area contributed by atoms with Crippen LogP contribution in [0.15, 0.2) is 53.6 Å². The predicted molar refractivity (Wildman–Crippen MR) is 115 cm³/mol. The standard InChI is InChI=1S/C23H25FN2O3S/c1-14(2)19-10-17(24)11-20(15(3)4)21(19)12-23(27)26-30(28,29)18-9-16-7-5-6-8-22(16)25-13-18/h5-11,13-15H,12H2,1-4H3,(H,26,27). The second-order valence-corrected chi connectivity index (χ2v) is 9.62. The number of pyridine rings is 1. The van der Waals surface area contributed by atoms with Crippen LogP contribution in [0, 0.1) is 5.82 Å². The van der Waals surface area contributed by atoms with Crippen molar-refractivity contribution in [3.63, 3.8) is 0 Å². The number of fused-ring (bicyclic) bond motifs is 1. The molecule has 30 heavy (non-hydrogen) atoms. The zero-order chi connectivity index (χ0) is 22.1. The molecule has 0 unspecified atom stereocenters. The lowest BCUT2D eigenvalue weighted by atomic mass is 9.87. The summed E-state index contributed by atoms with van der Waals surface area (Å²) in [6.45, 7) is 7.66. The molecule has 0 saturated carbocycles. The van der Waals surface area contributed by atoms with Crippen LogP contribution in [0.5, 0.6) is 0 Å². The molecule has 2 aromatic carbocycles. The number of hydrogen-bond donors (Lipinski definition) is 1. The van der Waals surface area contributed by atoms with Crippen LogP contribution in [0.3, 0.4) is 0 Å². The monoisotopic (exact) mass is 428 g/mol. The van der Waals surface area contributed by atoms with Crippen molar-refractivity contribution in [3.8, 4) is 0 Å². The number of para-hydroxylation sites is 1. The van der Waals surface area contributed by atoms with E-state index in [9.17, 15) is 17.6 Å². The van der Waals surface area contributed by atoms with Gasteiger partial charge in [-0.15, -0.1) is 0 Å². The fourth-order valence-corrected chi connectivity index (χ4v) is 4.48. The van der Waals surface area contributed by atoms with E-state index in [2.05, 4.69) is 9.71 Å². The minimum absolute atomic E-state index is 0.0118. The number of nitrogens with zero attached hydrogens (tertiary/aromatic N) is 1. The average Bonchev–Trinajstić information content (AvgIpc) is 2.67. The average molecular weight is 429 g/mol. The maximum absolute atomic E-state index is 14.1. The van der Waals surface area contributed by atoms with Gasteiger partial charge in [-0.3, -0.25) is 9.78 Å². The third-order valence-corrected chi connectivity index (χ3v) is 6.33. The summed E-state index contributed by atoms with van der Waals surface area (Å²) in [5.41, 5.74) is 2.75. The molecule has 1 heterocycles. The first kappa shape index (κ1) is 21.9. The van der Waals surface area contributed by atoms with Gasteiger partial charge in [0, 0.05) is 11.6 Å². The number of amides is 1. The van der Waals surface area contributed by atoms with Crippen LogP contribution in [0.4, 0.5) is 4.39 Å². The van der Waals surface area contributed by atoms with Crippen LogP contribution < -0.4 is 4.72 Å². The van der Waals surface area contributed by atoms with Gasteiger partial charge in [0.1, 0.15) is 10.7 Å². The molecule has 5 nitrogen and oxygen atoms in total. The summed E-state index contributed by atoms with van der Waals surface area (Å²) in [5, 5.41) is 0.663.